The number of furan rings is 1. The topological polar surface area (TPSA) is 62.6 Å². The van der Waals surface area contributed by atoms with Crippen LogP contribution in [0.1, 0.15) is 36.2 Å². The second-order valence-electron chi connectivity index (χ2n) is 5.35. The van der Waals surface area contributed by atoms with Crippen molar-refractivity contribution >= 4 is 11.8 Å². The van der Waals surface area contributed by atoms with Crippen molar-refractivity contribution in [3.8, 4) is 0 Å². The van der Waals surface area contributed by atoms with E-state index in [0.29, 0.717) is 24.9 Å². The van der Waals surface area contributed by atoms with E-state index in [0.717, 1.165) is 25.7 Å². The second kappa shape index (κ2) is 5.07. The molecular weight excluding hydrogens is 244 g/mol. The molecule has 0 radical (unpaired) electrons. The van der Waals surface area contributed by atoms with Gasteiger partial charge in [-0.2, -0.15) is 0 Å². The van der Waals surface area contributed by atoms with Gasteiger partial charge in [0.2, 0.25) is 5.91 Å². The molecule has 1 saturated carbocycles. The molecule has 2 fully saturated rings. The van der Waals surface area contributed by atoms with Crippen molar-refractivity contribution in [2.45, 2.75) is 31.7 Å². The highest BCUT2D eigenvalue weighted by molar-refractivity contribution is 5.92. The van der Waals surface area contributed by atoms with Crippen molar-refractivity contribution in [2.75, 3.05) is 13.1 Å². The highest BCUT2D eigenvalue weighted by Crippen LogP contribution is 2.23. The van der Waals surface area contributed by atoms with Crippen molar-refractivity contribution in [3.05, 3.63) is 24.2 Å². The van der Waals surface area contributed by atoms with Gasteiger partial charge in [-0.25, -0.2) is 0 Å². The van der Waals surface area contributed by atoms with Gasteiger partial charge in [0.05, 0.1) is 12.2 Å². The highest BCUT2D eigenvalue weighted by atomic mass is 16.3. The molecule has 19 heavy (non-hydrogen) atoms. The summed E-state index contributed by atoms with van der Waals surface area (Å²) in [6, 6.07) is 3.74. The van der Waals surface area contributed by atoms with Crippen LogP contribution < -0.4 is 5.32 Å². The molecule has 2 amide bonds. The predicted molar refractivity (Wildman–Crippen MR) is 68.5 cm³/mol. The van der Waals surface area contributed by atoms with Gasteiger partial charge in [-0.05, 0) is 37.8 Å². The van der Waals surface area contributed by atoms with Gasteiger partial charge in [0.25, 0.3) is 5.91 Å². The van der Waals surface area contributed by atoms with E-state index in [1.54, 1.807) is 17.0 Å². The Morgan fingerprint density at radius 1 is 1.32 bits per heavy atom. The van der Waals surface area contributed by atoms with Gasteiger partial charge in [-0.3, -0.25) is 9.59 Å². The first-order valence-electron chi connectivity index (χ1n) is 6.87. The Labute approximate surface area is 111 Å². The monoisotopic (exact) mass is 262 g/mol. The van der Waals surface area contributed by atoms with Crippen LogP contribution in [0.4, 0.5) is 0 Å². The summed E-state index contributed by atoms with van der Waals surface area (Å²) < 4.78 is 5.13. The number of carbonyl (C=O) groups is 2. The van der Waals surface area contributed by atoms with E-state index >= 15 is 0 Å². The van der Waals surface area contributed by atoms with Gasteiger partial charge in [0, 0.05) is 19.1 Å². The molecule has 1 aliphatic heterocycles. The Morgan fingerprint density at radius 3 is 2.84 bits per heavy atom. The van der Waals surface area contributed by atoms with E-state index in [1.807, 2.05) is 0 Å². The third-order valence-electron chi connectivity index (χ3n) is 3.74. The molecule has 2 heterocycles. The lowest BCUT2D eigenvalue weighted by molar-refractivity contribution is -0.126. The molecule has 1 atom stereocenters. The zero-order valence-corrected chi connectivity index (χ0v) is 10.8. The normalized spacial score (nSPS) is 23.2. The van der Waals surface area contributed by atoms with Crippen LogP contribution in [0.25, 0.3) is 0 Å². The van der Waals surface area contributed by atoms with Gasteiger partial charge in [0.15, 0.2) is 5.76 Å². The number of nitrogens with zero attached hydrogens (tertiary/aromatic N) is 1. The van der Waals surface area contributed by atoms with Crippen LogP contribution in [-0.4, -0.2) is 35.8 Å². The molecule has 0 spiro atoms. The molecule has 1 saturated heterocycles. The molecule has 1 aliphatic carbocycles. The minimum atomic E-state index is -0.117. The van der Waals surface area contributed by atoms with Crippen molar-refractivity contribution in [1.82, 2.24) is 10.2 Å². The van der Waals surface area contributed by atoms with Gasteiger partial charge in [-0.15, -0.1) is 0 Å². The van der Waals surface area contributed by atoms with Crippen LogP contribution >= 0.6 is 0 Å². The number of amides is 2. The van der Waals surface area contributed by atoms with Crippen molar-refractivity contribution in [2.24, 2.45) is 5.92 Å². The summed E-state index contributed by atoms with van der Waals surface area (Å²) in [5.41, 5.74) is 0. The molecule has 5 heteroatoms. The highest BCUT2D eigenvalue weighted by Gasteiger charge is 2.32. The Hall–Kier alpha value is -1.78. The fraction of sp³-hybridized carbons (Fsp3) is 0.571. The lowest BCUT2D eigenvalue weighted by Crippen LogP contribution is -2.45. The standard InChI is InChI=1S/C14H18N2O3/c17-13(15-11-5-6-11)10-3-1-7-16(9-10)14(18)12-4-2-8-19-12/h2,4,8,10-11H,1,3,5-7,9H2,(H,15,17)/t10-/m1/s1. The molecule has 0 aromatic carbocycles. The van der Waals surface area contributed by atoms with Gasteiger partial charge >= 0.3 is 0 Å². The third kappa shape index (κ3) is 2.80. The Bertz CT molecular complexity index is 465. The van der Waals surface area contributed by atoms with E-state index in [2.05, 4.69) is 5.32 Å². The van der Waals surface area contributed by atoms with Gasteiger partial charge in [0.1, 0.15) is 0 Å². The van der Waals surface area contributed by atoms with E-state index in [-0.39, 0.29) is 17.7 Å². The molecule has 0 bridgehead atoms. The number of hydrogen-bond donors (Lipinski definition) is 1. The SMILES string of the molecule is O=C(NC1CC1)[C@@H]1CCCN(C(=O)c2ccco2)C1. The number of likely N-dealkylation sites (tertiary alicyclic amines) is 1. The maximum atomic E-state index is 12.2. The maximum absolute atomic E-state index is 12.2. The summed E-state index contributed by atoms with van der Waals surface area (Å²) in [7, 11) is 0. The number of carbonyl (C=O) groups excluding carboxylic acids is 2. The van der Waals surface area contributed by atoms with Crippen LogP contribution in [0.15, 0.2) is 22.8 Å². The Balaban J connectivity index is 1.60. The van der Waals surface area contributed by atoms with E-state index < -0.39 is 0 Å². The number of piperidine rings is 1. The first-order chi connectivity index (χ1) is 9.24. The van der Waals surface area contributed by atoms with E-state index in [4.69, 9.17) is 4.42 Å². The molecule has 102 valence electrons. The van der Waals surface area contributed by atoms with Gasteiger partial charge in [-0.1, -0.05) is 0 Å². The lowest BCUT2D eigenvalue weighted by atomic mass is 9.97. The summed E-state index contributed by atoms with van der Waals surface area (Å²) in [5.74, 6) is 0.255. The minimum absolute atomic E-state index is 0.0757. The molecule has 3 rings (SSSR count). The van der Waals surface area contributed by atoms with Crippen LogP contribution in [0, 0.1) is 5.92 Å². The summed E-state index contributed by atoms with van der Waals surface area (Å²) in [4.78, 5) is 25.9. The summed E-state index contributed by atoms with van der Waals surface area (Å²) >= 11 is 0. The van der Waals surface area contributed by atoms with Gasteiger partial charge < -0.3 is 14.6 Å². The van der Waals surface area contributed by atoms with Crippen LogP contribution in [0.2, 0.25) is 0 Å². The number of rotatable bonds is 3. The molecule has 2 aliphatic rings. The van der Waals surface area contributed by atoms with Crippen LogP contribution in [-0.2, 0) is 4.79 Å². The summed E-state index contributed by atoms with van der Waals surface area (Å²) in [6.07, 6.45) is 5.41. The first-order valence-corrected chi connectivity index (χ1v) is 6.87. The predicted octanol–water partition coefficient (Wildman–Crippen LogP) is 1.41. The van der Waals surface area contributed by atoms with Crippen molar-refractivity contribution in [1.29, 1.82) is 0 Å². The number of nitrogens with one attached hydrogen (secondary N) is 1. The Morgan fingerprint density at radius 2 is 2.16 bits per heavy atom. The fourth-order valence-corrected chi connectivity index (χ4v) is 2.48. The zero-order chi connectivity index (χ0) is 13.2. The second-order valence-corrected chi connectivity index (χ2v) is 5.35. The minimum Gasteiger partial charge on any atom is -0.459 e. The largest absolute Gasteiger partial charge is 0.459 e. The third-order valence-corrected chi connectivity index (χ3v) is 3.74. The van der Waals surface area contributed by atoms with Crippen molar-refractivity contribution in [3.63, 3.8) is 0 Å². The molecule has 0 unspecified atom stereocenters. The molecule has 5 nitrogen and oxygen atoms in total. The first kappa shape index (κ1) is 12.3. The molecule has 1 aromatic rings. The fourth-order valence-electron chi connectivity index (χ4n) is 2.48. The smallest absolute Gasteiger partial charge is 0.289 e. The van der Waals surface area contributed by atoms with Crippen LogP contribution in [0.3, 0.4) is 0 Å². The van der Waals surface area contributed by atoms with Crippen LogP contribution in [0.5, 0.6) is 0 Å². The zero-order valence-electron chi connectivity index (χ0n) is 10.8. The lowest BCUT2D eigenvalue weighted by Gasteiger charge is -2.31. The quantitative estimate of drug-likeness (QED) is 0.896. The average Bonchev–Trinajstić information content (AvgIpc) is 3.08. The molecule has 1 N–H and O–H groups in total. The maximum Gasteiger partial charge on any atom is 0.289 e. The number of hydrogen-bond acceptors (Lipinski definition) is 3. The summed E-state index contributed by atoms with van der Waals surface area (Å²) in [6.45, 7) is 1.20. The van der Waals surface area contributed by atoms with Crippen molar-refractivity contribution < 1.29 is 14.0 Å². The molecule has 1 aromatic heterocycles. The van der Waals surface area contributed by atoms with E-state index in [9.17, 15) is 9.59 Å². The average molecular weight is 262 g/mol. The Kier molecular flexibility index (Phi) is 3.27. The van der Waals surface area contributed by atoms with E-state index in [1.165, 1.54) is 6.26 Å². The molecular formula is C14H18N2O3. The summed E-state index contributed by atoms with van der Waals surface area (Å²) in [5, 5.41) is 3.02.